The van der Waals surface area contributed by atoms with Gasteiger partial charge in [0.2, 0.25) is 5.91 Å². The van der Waals surface area contributed by atoms with Gasteiger partial charge < -0.3 is 14.7 Å². The molecule has 104 valence electrons. The first-order valence-electron chi connectivity index (χ1n) is 6.35. The zero-order chi connectivity index (χ0) is 13.8. The fourth-order valence-corrected chi connectivity index (χ4v) is 2.42. The average molecular weight is 284 g/mol. The Morgan fingerprint density at radius 3 is 2.84 bits per heavy atom. The van der Waals surface area contributed by atoms with Gasteiger partial charge in [-0.15, -0.1) is 11.6 Å². The number of alkyl halides is 1. The number of hydrogen-bond donors (Lipinski definition) is 1. The molecule has 0 radical (unpaired) electrons. The fourth-order valence-electron chi connectivity index (χ4n) is 2.15. The molecule has 0 aliphatic carbocycles. The van der Waals surface area contributed by atoms with Crippen molar-refractivity contribution in [3.63, 3.8) is 0 Å². The maximum absolute atomic E-state index is 12.4. The number of nitrogens with zero attached hydrogens (tertiary/aromatic N) is 1. The van der Waals surface area contributed by atoms with Gasteiger partial charge in [0.05, 0.1) is 25.4 Å². The van der Waals surface area contributed by atoms with Gasteiger partial charge in [0, 0.05) is 6.54 Å². The molecule has 1 amide bonds. The van der Waals surface area contributed by atoms with Crippen LogP contribution < -0.4 is 0 Å². The van der Waals surface area contributed by atoms with Crippen LogP contribution in [-0.4, -0.2) is 47.8 Å². The first-order valence-corrected chi connectivity index (χ1v) is 6.79. The zero-order valence-electron chi connectivity index (χ0n) is 10.8. The van der Waals surface area contributed by atoms with E-state index in [9.17, 15) is 4.79 Å². The van der Waals surface area contributed by atoms with Crippen LogP contribution in [0.5, 0.6) is 0 Å². The molecule has 1 aliphatic heterocycles. The molecule has 0 aromatic heterocycles. The van der Waals surface area contributed by atoms with Crippen molar-refractivity contribution >= 4 is 17.5 Å². The van der Waals surface area contributed by atoms with E-state index in [-0.39, 0.29) is 24.7 Å². The summed E-state index contributed by atoms with van der Waals surface area (Å²) in [4.78, 5) is 14.1. The largest absolute Gasteiger partial charge is 0.394 e. The molecule has 1 aromatic carbocycles. The fraction of sp³-hybridized carbons (Fsp3) is 0.500. The minimum atomic E-state index is -0.693. The van der Waals surface area contributed by atoms with Crippen molar-refractivity contribution in [3.8, 4) is 0 Å². The second kappa shape index (κ2) is 6.37. The lowest BCUT2D eigenvalue weighted by atomic mass is 10.1. The van der Waals surface area contributed by atoms with Gasteiger partial charge in [-0.2, -0.15) is 0 Å². The summed E-state index contributed by atoms with van der Waals surface area (Å²) in [5.74, 6) is -0.137. The SMILES string of the molecule is CC1COC(CO)CN1C(=O)C(Cl)c1ccccc1. The Morgan fingerprint density at radius 1 is 1.53 bits per heavy atom. The number of aliphatic hydroxyl groups is 1. The van der Waals surface area contributed by atoms with E-state index < -0.39 is 5.38 Å². The minimum Gasteiger partial charge on any atom is -0.394 e. The molecule has 0 spiro atoms. The summed E-state index contributed by atoms with van der Waals surface area (Å²) in [5.41, 5.74) is 0.786. The summed E-state index contributed by atoms with van der Waals surface area (Å²) in [7, 11) is 0. The Hall–Kier alpha value is -1.10. The van der Waals surface area contributed by atoms with Crippen molar-refractivity contribution in [3.05, 3.63) is 35.9 Å². The van der Waals surface area contributed by atoms with Crippen molar-refractivity contribution in [1.82, 2.24) is 4.90 Å². The van der Waals surface area contributed by atoms with E-state index in [1.165, 1.54) is 0 Å². The van der Waals surface area contributed by atoms with E-state index in [2.05, 4.69) is 0 Å². The lowest BCUT2D eigenvalue weighted by Crippen LogP contribution is -2.52. The molecular formula is C14H18ClNO3. The minimum absolute atomic E-state index is 0.0275. The summed E-state index contributed by atoms with van der Waals surface area (Å²) >= 11 is 6.25. The van der Waals surface area contributed by atoms with Crippen LogP contribution in [0.4, 0.5) is 0 Å². The van der Waals surface area contributed by atoms with E-state index in [4.69, 9.17) is 21.4 Å². The van der Waals surface area contributed by atoms with Gasteiger partial charge >= 0.3 is 0 Å². The van der Waals surface area contributed by atoms with Gasteiger partial charge in [0.15, 0.2) is 0 Å². The highest BCUT2D eigenvalue weighted by molar-refractivity contribution is 6.30. The number of amides is 1. The van der Waals surface area contributed by atoms with Crippen molar-refractivity contribution in [2.75, 3.05) is 19.8 Å². The van der Waals surface area contributed by atoms with E-state index in [0.717, 1.165) is 5.56 Å². The second-order valence-electron chi connectivity index (χ2n) is 4.75. The van der Waals surface area contributed by atoms with Crippen LogP contribution in [0.3, 0.4) is 0 Å². The standard InChI is InChI=1S/C14H18ClNO3/c1-10-9-19-12(8-17)7-16(10)14(18)13(15)11-5-3-2-4-6-11/h2-6,10,12-13,17H,7-9H2,1H3. The highest BCUT2D eigenvalue weighted by atomic mass is 35.5. The summed E-state index contributed by atoms with van der Waals surface area (Å²) in [6.45, 7) is 2.64. The molecule has 1 aliphatic rings. The van der Waals surface area contributed by atoms with Crippen LogP contribution in [0.1, 0.15) is 17.9 Å². The number of carbonyl (C=O) groups excluding carboxylic acids is 1. The van der Waals surface area contributed by atoms with Crippen LogP contribution in [0.2, 0.25) is 0 Å². The number of aliphatic hydroxyl groups excluding tert-OH is 1. The van der Waals surface area contributed by atoms with Crippen molar-refractivity contribution in [1.29, 1.82) is 0 Å². The molecule has 1 heterocycles. The Labute approximate surface area is 117 Å². The summed E-state index contributed by atoms with van der Waals surface area (Å²) in [6, 6.07) is 9.25. The molecule has 0 saturated carbocycles. The molecule has 4 nitrogen and oxygen atoms in total. The lowest BCUT2D eigenvalue weighted by Gasteiger charge is -2.38. The highest BCUT2D eigenvalue weighted by Gasteiger charge is 2.33. The first-order chi connectivity index (χ1) is 9.13. The highest BCUT2D eigenvalue weighted by Crippen LogP contribution is 2.25. The van der Waals surface area contributed by atoms with Crippen molar-refractivity contribution < 1.29 is 14.6 Å². The molecule has 1 saturated heterocycles. The van der Waals surface area contributed by atoms with Crippen molar-refractivity contribution in [2.24, 2.45) is 0 Å². The Kier molecular flexibility index (Phi) is 4.80. The topological polar surface area (TPSA) is 49.8 Å². The van der Waals surface area contributed by atoms with E-state index in [1.807, 2.05) is 37.3 Å². The Bertz CT molecular complexity index is 426. The first kappa shape index (κ1) is 14.3. The van der Waals surface area contributed by atoms with Crippen LogP contribution in [0, 0.1) is 0 Å². The Balaban J connectivity index is 2.09. The number of carbonyl (C=O) groups is 1. The van der Waals surface area contributed by atoms with Gasteiger partial charge in [0.25, 0.3) is 0 Å². The summed E-state index contributed by atoms with van der Waals surface area (Å²) < 4.78 is 5.42. The number of morpholine rings is 1. The maximum Gasteiger partial charge on any atom is 0.245 e. The van der Waals surface area contributed by atoms with Gasteiger partial charge in [-0.1, -0.05) is 30.3 Å². The third kappa shape index (κ3) is 3.26. The number of ether oxygens (including phenoxy) is 1. The van der Waals surface area contributed by atoms with Crippen molar-refractivity contribution in [2.45, 2.75) is 24.4 Å². The molecule has 0 bridgehead atoms. The van der Waals surface area contributed by atoms with Gasteiger partial charge in [-0.05, 0) is 12.5 Å². The van der Waals surface area contributed by atoms with E-state index in [0.29, 0.717) is 13.2 Å². The number of halogens is 1. The summed E-state index contributed by atoms with van der Waals surface area (Å²) in [6.07, 6.45) is -0.320. The molecule has 1 aromatic rings. The molecule has 3 unspecified atom stereocenters. The quantitative estimate of drug-likeness (QED) is 0.857. The van der Waals surface area contributed by atoms with Gasteiger partial charge in [-0.25, -0.2) is 0 Å². The molecule has 3 atom stereocenters. The third-order valence-corrected chi connectivity index (χ3v) is 3.74. The number of rotatable bonds is 3. The lowest BCUT2D eigenvalue weighted by molar-refractivity contribution is -0.145. The normalized spacial score (nSPS) is 25.1. The third-order valence-electron chi connectivity index (χ3n) is 3.30. The van der Waals surface area contributed by atoms with Crippen LogP contribution in [-0.2, 0) is 9.53 Å². The maximum atomic E-state index is 12.4. The Morgan fingerprint density at radius 2 is 2.21 bits per heavy atom. The van der Waals surface area contributed by atoms with Crippen LogP contribution in [0.25, 0.3) is 0 Å². The second-order valence-corrected chi connectivity index (χ2v) is 5.19. The molecule has 5 heteroatoms. The van der Waals surface area contributed by atoms with Crippen LogP contribution >= 0.6 is 11.6 Å². The van der Waals surface area contributed by atoms with E-state index >= 15 is 0 Å². The molecular weight excluding hydrogens is 266 g/mol. The van der Waals surface area contributed by atoms with Crippen LogP contribution in [0.15, 0.2) is 30.3 Å². The van der Waals surface area contributed by atoms with Gasteiger partial charge in [0.1, 0.15) is 5.38 Å². The zero-order valence-corrected chi connectivity index (χ0v) is 11.6. The smallest absolute Gasteiger partial charge is 0.245 e. The van der Waals surface area contributed by atoms with E-state index in [1.54, 1.807) is 4.90 Å². The molecule has 1 fully saturated rings. The number of hydrogen-bond acceptors (Lipinski definition) is 3. The predicted octanol–water partition coefficient (Wildman–Crippen LogP) is 1.57. The molecule has 19 heavy (non-hydrogen) atoms. The predicted molar refractivity (Wildman–Crippen MR) is 73.0 cm³/mol. The summed E-state index contributed by atoms with van der Waals surface area (Å²) in [5, 5.41) is 8.44. The monoisotopic (exact) mass is 283 g/mol. The molecule has 2 rings (SSSR count). The molecule has 1 N–H and O–H groups in total. The van der Waals surface area contributed by atoms with Gasteiger partial charge in [-0.3, -0.25) is 4.79 Å². The number of benzene rings is 1. The average Bonchev–Trinajstić information content (AvgIpc) is 2.47.